The fourth-order valence-corrected chi connectivity index (χ4v) is 2.26. The van der Waals surface area contributed by atoms with Gasteiger partial charge in [-0.1, -0.05) is 24.3 Å². The lowest BCUT2D eigenvalue weighted by atomic mass is 9.99. The molecule has 0 spiro atoms. The molecule has 0 aliphatic carbocycles. The van der Waals surface area contributed by atoms with E-state index in [4.69, 9.17) is 5.11 Å². The van der Waals surface area contributed by atoms with E-state index >= 15 is 0 Å². The molecule has 4 nitrogen and oxygen atoms in total. The van der Waals surface area contributed by atoms with Crippen molar-refractivity contribution in [2.24, 2.45) is 0 Å². The molecule has 0 saturated heterocycles. The van der Waals surface area contributed by atoms with Gasteiger partial charge in [-0.3, -0.25) is 0 Å². The van der Waals surface area contributed by atoms with E-state index in [2.05, 4.69) is 0 Å². The fraction of sp³-hybridized carbons (Fsp3) is 0. The molecule has 3 rings (SSSR count). The summed E-state index contributed by atoms with van der Waals surface area (Å²) < 4.78 is 0. The third-order valence-corrected chi connectivity index (χ3v) is 3.40. The number of fused-ring (bicyclic) bond motifs is 1. The molecule has 104 valence electrons. The van der Waals surface area contributed by atoms with Crippen molar-refractivity contribution in [1.29, 1.82) is 0 Å². The van der Waals surface area contributed by atoms with Crippen molar-refractivity contribution in [2.75, 3.05) is 0 Å². The lowest BCUT2D eigenvalue weighted by molar-refractivity contribution is 0.0697. The van der Waals surface area contributed by atoms with Gasteiger partial charge in [0.15, 0.2) is 11.5 Å². The van der Waals surface area contributed by atoms with Crippen LogP contribution in [0.15, 0.2) is 54.6 Å². The zero-order valence-corrected chi connectivity index (χ0v) is 10.9. The highest BCUT2D eigenvalue weighted by Crippen LogP contribution is 2.32. The van der Waals surface area contributed by atoms with Gasteiger partial charge in [0.2, 0.25) is 0 Å². The topological polar surface area (TPSA) is 77.8 Å². The van der Waals surface area contributed by atoms with Gasteiger partial charge >= 0.3 is 5.97 Å². The van der Waals surface area contributed by atoms with Gasteiger partial charge in [-0.15, -0.1) is 0 Å². The number of phenols is 2. The van der Waals surface area contributed by atoms with E-state index in [1.165, 1.54) is 12.1 Å². The van der Waals surface area contributed by atoms with Crippen LogP contribution in [0.4, 0.5) is 0 Å². The van der Waals surface area contributed by atoms with Crippen molar-refractivity contribution >= 4 is 16.7 Å². The van der Waals surface area contributed by atoms with E-state index in [0.717, 1.165) is 21.9 Å². The number of phenolic OH excluding ortho intramolecular Hbond substituents is 2. The Morgan fingerprint density at radius 1 is 0.714 bits per heavy atom. The quantitative estimate of drug-likeness (QED) is 0.626. The first-order chi connectivity index (χ1) is 10.0. The number of carboxylic acids is 1. The maximum atomic E-state index is 11.0. The summed E-state index contributed by atoms with van der Waals surface area (Å²) in [4.78, 5) is 11.0. The highest BCUT2D eigenvalue weighted by Gasteiger charge is 2.06. The lowest BCUT2D eigenvalue weighted by Crippen LogP contribution is -1.95. The SMILES string of the molecule is O=C(O)c1ccc2cc(-c3ccc(O)c(O)c3)ccc2c1. The van der Waals surface area contributed by atoms with Gasteiger partial charge in [0.25, 0.3) is 0 Å². The largest absolute Gasteiger partial charge is 0.504 e. The van der Waals surface area contributed by atoms with Crippen molar-refractivity contribution in [1.82, 2.24) is 0 Å². The Hall–Kier alpha value is -3.01. The summed E-state index contributed by atoms with van der Waals surface area (Å²) in [5.41, 5.74) is 1.90. The Bertz CT molecular complexity index is 853. The molecule has 0 aromatic heterocycles. The number of aromatic hydroxyl groups is 2. The second-order valence-corrected chi connectivity index (χ2v) is 4.79. The smallest absolute Gasteiger partial charge is 0.335 e. The second-order valence-electron chi connectivity index (χ2n) is 4.79. The number of aromatic carboxylic acids is 1. The van der Waals surface area contributed by atoms with Crippen LogP contribution >= 0.6 is 0 Å². The van der Waals surface area contributed by atoms with Crippen molar-refractivity contribution in [3.63, 3.8) is 0 Å². The Balaban J connectivity index is 2.10. The van der Waals surface area contributed by atoms with Gasteiger partial charge in [0, 0.05) is 0 Å². The Kier molecular flexibility index (Phi) is 2.99. The van der Waals surface area contributed by atoms with Gasteiger partial charge in [-0.25, -0.2) is 4.79 Å². The molecule has 3 N–H and O–H groups in total. The normalized spacial score (nSPS) is 10.7. The van der Waals surface area contributed by atoms with E-state index in [9.17, 15) is 15.0 Å². The van der Waals surface area contributed by atoms with E-state index in [1.54, 1.807) is 24.3 Å². The van der Waals surface area contributed by atoms with Crippen LogP contribution in [0.1, 0.15) is 10.4 Å². The highest BCUT2D eigenvalue weighted by molar-refractivity contribution is 5.95. The molecule has 0 heterocycles. The first-order valence-corrected chi connectivity index (χ1v) is 6.34. The van der Waals surface area contributed by atoms with E-state index in [1.807, 2.05) is 18.2 Å². The molecular formula is C17H12O4. The molecule has 0 unspecified atom stereocenters. The Morgan fingerprint density at radius 2 is 1.33 bits per heavy atom. The zero-order chi connectivity index (χ0) is 15.0. The highest BCUT2D eigenvalue weighted by atomic mass is 16.4. The van der Waals surface area contributed by atoms with Crippen molar-refractivity contribution in [2.45, 2.75) is 0 Å². The molecule has 0 amide bonds. The molecule has 0 aliphatic heterocycles. The van der Waals surface area contributed by atoms with Crippen LogP contribution in [0.3, 0.4) is 0 Å². The predicted molar refractivity (Wildman–Crippen MR) is 79.7 cm³/mol. The molecule has 3 aromatic rings. The van der Waals surface area contributed by atoms with Crippen LogP contribution in [0, 0.1) is 0 Å². The van der Waals surface area contributed by atoms with Crippen LogP contribution in [-0.2, 0) is 0 Å². The number of rotatable bonds is 2. The Morgan fingerprint density at radius 3 is 2.05 bits per heavy atom. The van der Waals surface area contributed by atoms with Crippen LogP contribution in [-0.4, -0.2) is 21.3 Å². The standard InChI is InChI=1S/C17H12O4/c18-15-6-5-13(9-16(15)19)11-1-2-12-8-14(17(20)21)4-3-10(12)7-11/h1-9,18-19H,(H,20,21). The summed E-state index contributed by atoms with van der Waals surface area (Å²) in [7, 11) is 0. The van der Waals surface area contributed by atoms with Gasteiger partial charge in [-0.2, -0.15) is 0 Å². The molecule has 21 heavy (non-hydrogen) atoms. The predicted octanol–water partition coefficient (Wildman–Crippen LogP) is 3.62. The molecule has 4 heteroatoms. The van der Waals surface area contributed by atoms with Crippen LogP contribution < -0.4 is 0 Å². The second kappa shape index (κ2) is 4.83. The van der Waals surface area contributed by atoms with Gasteiger partial charge < -0.3 is 15.3 Å². The first kappa shape index (κ1) is 13.0. The number of carboxylic acid groups (broad SMARTS) is 1. The minimum Gasteiger partial charge on any atom is -0.504 e. The lowest BCUT2D eigenvalue weighted by Gasteiger charge is -2.06. The van der Waals surface area contributed by atoms with Crippen LogP contribution in [0.25, 0.3) is 21.9 Å². The summed E-state index contributed by atoms with van der Waals surface area (Å²) in [6.45, 7) is 0. The summed E-state index contributed by atoms with van der Waals surface area (Å²) in [5.74, 6) is -1.29. The molecule has 0 saturated carbocycles. The van der Waals surface area contributed by atoms with Crippen molar-refractivity contribution in [3.05, 3.63) is 60.2 Å². The molecule has 0 aliphatic rings. The van der Waals surface area contributed by atoms with Gasteiger partial charge in [0.1, 0.15) is 0 Å². The molecule has 0 atom stereocenters. The third kappa shape index (κ3) is 2.39. The van der Waals surface area contributed by atoms with E-state index in [0.29, 0.717) is 0 Å². The minimum absolute atomic E-state index is 0.161. The number of hydrogen-bond acceptors (Lipinski definition) is 3. The summed E-state index contributed by atoms with van der Waals surface area (Å²) in [6.07, 6.45) is 0. The van der Waals surface area contributed by atoms with Crippen LogP contribution in [0.2, 0.25) is 0 Å². The maximum Gasteiger partial charge on any atom is 0.335 e. The van der Waals surface area contributed by atoms with Crippen molar-refractivity contribution in [3.8, 4) is 22.6 Å². The molecule has 3 aromatic carbocycles. The molecule has 0 bridgehead atoms. The summed E-state index contributed by atoms with van der Waals surface area (Å²) >= 11 is 0. The van der Waals surface area contributed by atoms with Crippen molar-refractivity contribution < 1.29 is 20.1 Å². The third-order valence-electron chi connectivity index (χ3n) is 3.40. The fourth-order valence-electron chi connectivity index (χ4n) is 2.26. The molecular weight excluding hydrogens is 268 g/mol. The molecule has 0 fully saturated rings. The zero-order valence-electron chi connectivity index (χ0n) is 10.9. The first-order valence-electron chi connectivity index (χ1n) is 6.34. The Labute approximate surface area is 120 Å². The van der Waals surface area contributed by atoms with E-state index < -0.39 is 5.97 Å². The number of benzene rings is 3. The number of hydrogen-bond donors (Lipinski definition) is 3. The number of carbonyl (C=O) groups is 1. The van der Waals surface area contributed by atoms with E-state index in [-0.39, 0.29) is 17.1 Å². The van der Waals surface area contributed by atoms with Gasteiger partial charge in [0.05, 0.1) is 5.56 Å². The maximum absolute atomic E-state index is 11.0. The van der Waals surface area contributed by atoms with Gasteiger partial charge in [-0.05, 0) is 52.2 Å². The molecule has 0 radical (unpaired) electrons. The average Bonchev–Trinajstić information content (AvgIpc) is 2.49. The summed E-state index contributed by atoms with van der Waals surface area (Å²) in [5, 5.41) is 29.6. The summed E-state index contributed by atoms with van der Waals surface area (Å²) in [6, 6.07) is 15.2. The minimum atomic E-state index is -0.954. The van der Waals surface area contributed by atoms with Crippen LogP contribution in [0.5, 0.6) is 11.5 Å². The monoisotopic (exact) mass is 280 g/mol. The average molecular weight is 280 g/mol.